The average molecular weight is 807 g/mol. The van der Waals surface area contributed by atoms with Crippen molar-refractivity contribution in [2.45, 2.75) is 11.5 Å². The Morgan fingerprint density at radius 1 is 0.356 bits per heavy atom. The predicted molar refractivity (Wildman–Crippen MR) is 239 cm³/mol. The molecule has 8 aromatic rings. The van der Waals surface area contributed by atoms with E-state index in [9.17, 15) is 0 Å². The second-order valence-corrected chi connectivity index (χ2v) is 14.9. The Labute approximate surface area is 348 Å². The van der Waals surface area contributed by atoms with Gasteiger partial charge in [-0.1, -0.05) is 109 Å². The van der Waals surface area contributed by atoms with Crippen molar-refractivity contribution in [3.05, 3.63) is 145 Å². The van der Waals surface area contributed by atoms with Gasteiger partial charge in [0.05, 0.1) is 0 Å². The highest BCUT2D eigenvalue weighted by atomic mass is 32.2. The van der Waals surface area contributed by atoms with Gasteiger partial charge in [-0.15, -0.1) is 0 Å². The largest absolute Gasteiger partial charge is 0.467 e. The number of benzene rings is 8. The third-order valence-electron chi connectivity index (χ3n) is 10.3. The molecule has 0 aliphatic heterocycles. The van der Waals surface area contributed by atoms with Gasteiger partial charge in [0.2, 0.25) is 0 Å². The molecule has 0 fully saturated rings. The van der Waals surface area contributed by atoms with Gasteiger partial charge in [-0.3, -0.25) is 0 Å². The van der Waals surface area contributed by atoms with Crippen molar-refractivity contribution in [1.29, 1.82) is 0 Å². The first-order valence-corrected chi connectivity index (χ1v) is 20.5. The molecule has 0 heterocycles. The predicted octanol–water partition coefficient (Wildman–Crippen LogP) is 12.0. The molecule has 0 radical (unpaired) electrons. The Bertz CT molecular complexity index is 2540. The number of rotatable bonds is 18. The van der Waals surface area contributed by atoms with Crippen molar-refractivity contribution in [1.82, 2.24) is 0 Å². The summed E-state index contributed by atoms with van der Waals surface area (Å²) in [4.78, 5) is 0. The number of hydrogen-bond donors (Lipinski definition) is 0. The maximum absolute atomic E-state index is 6.60. The van der Waals surface area contributed by atoms with Crippen LogP contribution in [0.4, 0.5) is 0 Å². The Balaban J connectivity index is 1.28. The van der Waals surface area contributed by atoms with Crippen LogP contribution in [0.2, 0.25) is 0 Å². The van der Waals surface area contributed by atoms with Crippen molar-refractivity contribution >= 4 is 54.9 Å². The van der Waals surface area contributed by atoms with Crippen molar-refractivity contribution in [3.8, 4) is 45.3 Å². The maximum Gasteiger partial charge on any atom is 0.188 e. The molecule has 8 rings (SSSR count). The number of methoxy groups -OCH3 is 4. The molecule has 0 saturated heterocycles. The number of thioether (sulfide) groups is 1. The van der Waals surface area contributed by atoms with Crippen LogP contribution in [0.3, 0.4) is 0 Å². The summed E-state index contributed by atoms with van der Waals surface area (Å²) in [5, 5.41) is 8.53. The van der Waals surface area contributed by atoms with Crippen LogP contribution in [0.15, 0.2) is 133 Å². The molecule has 0 N–H and O–H groups in total. The monoisotopic (exact) mass is 806 g/mol. The summed E-state index contributed by atoms with van der Waals surface area (Å²) >= 11 is 1.78. The molecule has 0 aliphatic carbocycles. The highest BCUT2D eigenvalue weighted by Gasteiger charge is 2.25. The Hall–Kier alpha value is -5.81. The van der Waals surface area contributed by atoms with E-state index in [-0.39, 0.29) is 27.2 Å². The zero-order chi connectivity index (χ0) is 40.6. The minimum Gasteiger partial charge on any atom is -0.467 e. The van der Waals surface area contributed by atoms with Crippen molar-refractivity contribution < 1.29 is 37.9 Å². The van der Waals surface area contributed by atoms with E-state index in [0.29, 0.717) is 23.0 Å². The molecule has 8 nitrogen and oxygen atoms in total. The standard InChI is InChI=1S/C50H46O8S/c1-51-29-55-43-23-21-33-13-5-9-17-39(33)45(43)47-41-19-11-7-15-35(41)25-37(49(47)57-31-53-3)27-59-28-38-26-36-16-8-12-20-42(36)48(50(38)58-32-54-4)46-40-18-10-6-14-34(40)22-24-44(46)56-30-52-2/h5-26H,27-32H2,1-4H3. The Morgan fingerprint density at radius 2 is 0.695 bits per heavy atom. The molecule has 9 heteroatoms. The molecule has 0 bridgehead atoms. The van der Waals surface area contributed by atoms with Crippen molar-refractivity contribution in [3.63, 3.8) is 0 Å². The normalized spacial score (nSPS) is 11.5. The first-order chi connectivity index (χ1) is 29.1. The van der Waals surface area contributed by atoms with Gasteiger partial charge in [0.1, 0.15) is 23.0 Å². The van der Waals surface area contributed by atoms with Crippen LogP contribution in [0.1, 0.15) is 11.1 Å². The minimum atomic E-state index is 0.0730. The molecule has 59 heavy (non-hydrogen) atoms. The van der Waals surface area contributed by atoms with E-state index in [4.69, 9.17) is 37.9 Å². The van der Waals surface area contributed by atoms with E-state index < -0.39 is 0 Å². The lowest BCUT2D eigenvalue weighted by atomic mass is 9.90. The second-order valence-electron chi connectivity index (χ2n) is 13.9. The maximum atomic E-state index is 6.60. The lowest BCUT2D eigenvalue weighted by Gasteiger charge is -2.23. The topological polar surface area (TPSA) is 73.8 Å². The van der Waals surface area contributed by atoms with Crippen LogP contribution >= 0.6 is 11.8 Å². The minimum absolute atomic E-state index is 0.0730. The lowest BCUT2D eigenvalue weighted by Crippen LogP contribution is -2.06. The van der Waals surface area contributed by atoms with Gasteiger partial charge in [-0.2, -0.15) is 11.8 Å². The molecule has 0 unspecified atom stereocenters. The highest BCUT2D eigenvalue weighted by Crippen LogP contribution is 2.50. The van der Waals surface area contributed by atoms with Crippen molar-refractivity contribution in [2.24, 2.45) is 0 Å². The summed E-state index contributed by atoms with van der Waals surface area (Å²) in [5.41, 5.74) is 5.80. The van der Waals surface area contributed by atoms with Crippen molar-refractivity contribution in [2.75, 3.05) is 55.6 Å². The summed E-state index contributed by atoms with van der Waals surface area (Å²) in [6.45, 7) is 0.354. The number of fused-ring (bicyclic) bond motifs is 4. The zero-order valence-corrected chi connectivity index (χ0v) is 34.4. The van der Waals surface area contributed by atoms with Crippen LogP contribution in [0.5, 0.6) is 23.0 Å². The average Bonchev–Trinajstić information content (AvgIpc) is 3.28. The summed E-state index contributed by atoms with van der Waals surface area (Å²) in [5.74, 6) is 4.13. The highest BCUT2D eigenvalue weighted by molar-refractivity contribution is 7.97. The summed E-state index contributed by atoms with van der Waals surface area (Å²) in [7, 11) is 6.53. The van der Waals surface area contributed by atoms with E-state index in [1.165, 1.54) is 0 Å². The Morgan fingerprint density at radius 3 is 1.08 bits per heavy atom. The number of ether oxygens (including phenoxy) is 8. The summed E-state index contributed by atoms with van der Waals surface area (Å²) in [6, 6.07) is 46.1. The molecule has 0 aromatic heterocycles. The van der Waals surface area contributed by atoms with Crippen LogP contribution < -0.4 is 18.9 Å². The fourth-order valence-electron chi connectivity index (χ4n) is 7.82. The Kier molecular flexibility index (Phi) is 12.8. The molecular formula is C50H46O8S. The van der Waals surface area contributed by atoms with E-state index in [1.807, 2.05) is 24.3 Å². The summed E-state index contributed by atoms with van der Waals surface area (Å²) in [6.07, 6.45) is 0. The van der Waals surface area contributed by atoms with Gasteiger partial charge in [0, 0.05) is 73.3 Å². The van der Waals surface area contributed by atoms with Crippen LogP contribution in [-0.4, -0.2) is 55.6 Å². The first-order valence-electron chi connectivity index (χ1n) is 19.3. The quantitative estimate of drug-likeness (QED) is 0.0788. The fraction of sp³-hybridized carbons (Fsp3) is 0.200. The van der Waals surface area contributed by atoms with Gasteiger partial charge in [0.15, 0.2) is 27.2 Å². The molecular weight excluding hydrogens is 761 g/mol. The number of hydrogen-bond acceptors (Lipinski definition) is 9. The van der Waals surface area contributed by atoms with Gasteiger partial charge in [0.25, 0.3) is 0 Å². The third kappa shape index (κ3) is 8.26. The molecule has 0 atom stereocenters. The molecule has 0 saturated carbocycles. The van der Waals surface area contributed by atoms with E-state index in [2.05, 4.69) is 109 Å². The molecule has 0 spiro atoms. The van der Waals surface area contributed by atoms with E-state index in [1.54, 1.807) is 40.2 Å². The molecule has 300 valence electrons. The third-order valence-corrected chi connectivity index (χ3v) is 11.3. The molecule has 0 amide bonds. The van der Waals surface area contributed by atoms with E-state index in [0.717, 1.165) is 88.0 Å². The fourth-order valence-corrected chi connectivity index (χ4v) is 8.80. The van der Waals surface area contributed by atoms with Gasteiger partial charge in [-0.25, -0.2) is 0 Å². The van der Waals surface area contributed by atoms with Crippen LogP contribution in [0, 0.1) is 0 Å². The van der Waals surface area contributed by atoms with Gasteiger partial charge < -0.3 is 37.9 Å². The zero-order valence-electron chi connectivity index (χ0n) is 33.6. The van der Waals surface area contributed by atoms with Crippen LogP contribution in [0.25, 0.3) is 65.3 Å². The SMILES string of the molecule is COCOc1ccc2ccccc2c1-c1c(OCOC)c(CSCc2cc3ccccc3c(-c3c(OCOC)ccc4ccccc34)c2OCOC)cc2ccccc12. The lowest BCUT2D eigenvalue weighted by molar-refractivity contribution is 0.0498. The van der Waals surface area contributed by atoms with Gasteiger partial charge in [-0.05, 0) is 67.4 Å². The summed E-state index contributed by atoms with van der Waals surface area (Å²) < 4.78 is 47.6. The first kappa shape index (κ1) is 40.0. The smallest absolute Gasteiger partial charge is 0.188 e. The van der Waals surface area contributed by atoms with Crippen LogP contribution in [-0.2, 0) is 30.5 Å². The molecule has 0 aliphatic rings. The second kappa shape index (κ2) is 18.8. The molecule has 8 aromatic carbocycles. The van der Waals surface area contributed by atoms with Gasteiger partial charge >= 0.3 is 0 Å². The van der Waals surface area contributed by atoms with E-state index >= 15 is 0 Å².